The fraction of sp³-hybridized carbons (Fsp3) is 0.0714. The quantitative estimate of drug-likeness (QED) is 0.617. The zero-order valence-electron chi connectivity index (χ0n) is 9.95. The van der Waals surface area contributed by atoms with Crippen molar-refractivity contribution >= 4 is 15.0 Å². The minimum atomic E-state index is -0.449. The number of aryl methyl sites for hydroxylation is 1. The Morgan fingerprint density at radius 3 is 2.11 bits per heavy atom. The number of hydrogen-bond donors (Lipinski definition) is 0. The Morgan fingerprint density at radius 1 is 1.00 bits per heavy atom. The first-order valence-corrected chi connectivity index (χ1v) is 6.06. The van der Waals surface area contributed by atoms with Crippen LogP contribution in [0.5, 0.6) is 5.75 Å². The molecule has 0 aliphatic heterocycles. The average Bonchev–Trinajstić information content (AvgIpc) is 2.41. The van der Waals surface area contributed by atoms with E-state index in [2.05, 4.69) is 23.6 Å². The third kappa shape index (κ3) is 4.89. The summed E-state index contributed by atoms with van der Waals surface area (Å²) in [7, 11) is -0.449. The number of hydrogen-bond acceptors (Lipinski definition) is 3. The van der Waals surface area contributed by atoms with Crippen molar-refractivity contribution in [1.29, 1.82) is 0 Å². The van der Waals surface area contributed by atoms with Crippen LogP contribution in [0.15, 0.2) is 54.6 Å². The highest BCUT2D eigenvalue weighted by Crippen LogP contribution is 2.18. The third-order valence-electron chi connectivity index (χ3n) is 2.12. The van der Waals surface area contributed by atoms with Gasteiger partial charge < -0.3 is 4.52 Å². The van der Waals surface area contributed by atoms with E-state index in [9.17, 15) is 9.36 Å². The van der Waals surface area contributed by atoms with Crippen LogP contribution in [-0.4, -0.2) is 6.29 Å². The number of rotatable bonds is 3. The first-order chi connectivity index (χ1) is 8.77. The van der Waals surface area contributed by atoms with Gasteiger partial charge in [0.1, 0.15) is 5.75 Å². The Hall–Kier alpha value is -1.99. The van der Waals surface area contributed by atoms with Crippen molar-refractivity contribution in [3.63, 3.8) is 0 Å². The Morgan fingerprint density at radius 2 is 1.61 bits per heavy atom. The van der Waals surface area contributed by atoms with Gasteiger partial charge >= 0.3 is 8.69 Å². The zero-order chi connectivity index (χ0) is 13.2. The van der Waals surface area contributed by atoms with E-state index in [4.69, 9.17) is 0 Å². The van der Waals surface area contributed by atoms with Crippen LogP contribution >= 0.6 is 8.69 Å². The molecule has 2 aromatic carbocycles. The molecule has 0 amide bonds. The predicted molar refractivity (Wildman–Crippen MR) is 71.2 cm³/mol. The fourth-order valence-corrected chi connectivity index (χ4v) is 1.48. The molecule has 0 saturated carbocycles. The van der Waals surface area contributed by atoms with Gasteiger partial charge in [-0.15, -0.1) is 0 Å². The van der Waals surface area contributed by atoms with E-state index in [1.807, 2.05) is 18.2 Å². The van der Waals surface area contributed by atoms with Gasteiger partial charge in [-0.1, -0.05) is 48.0 Å². The first-order valence-electron chi connectivity index (χ1n) is 5.33. The SMILES string of the molecule is Cc1ccccc1.O=Cc1ccccc1OP=O. The van der Waals surface area contributed by atoms with Crippen LogP contribution < -0.4 is 4.52 Å². The van der Waals surface area contributed by atoms with E-state index < -0.39 is 8.69 Å². The molecule has 0 saturated heterocycles. The molecule has 0 aromatic heterocycles. The van der Waals surface area contributed by atoms with Gasteiger partial charge in [0.15, 0.2) is 6.29 Å². The number of aldehydes is 1. The van der Waals surface area contributed by atoms with Crippen LogP contribution in [0.1, 0.15) is 15.9 Å². The number of para-hydroxylation sites is 1. The van der Waals surface area contributed by atoms with Gasteiger partial charge in [0.25, 0.3) is 0 Å². The maximum absolute atomic E-state index is 10.3. The number of carbonyl (C=O) groups is 1. The second kappa shape index (κ2) is 8.15. The van der Waals surface area contributed by atoms with Crippen molar-refractivity contribution in [3.05, 3.63) is 65.7 Å². The molecule has 0 spiro atoms. The lowest BCUT2D eigenvalue weighted by molar-refractivity contribution is 0.112. The Labute approximate surface area is 108 Å². The summed E-state index contributed by atoms with van der Waals surface area (Å²) in [5.41, 5.74) is 1.72. The second-order valence-corrected chi connectivity index (χ2v) is 3.81. The van der Waals surface area contributed by atoms with Crippen LogP contribution in [-0.2, 0) is 4.57 Å². The van der Waals surface area contributed by atoms with E-state index in [1.165, 1.54) is 5.56 Å². The molecule has 3 nitrogen and oxygen atoms in total. The summed E-state index contributed by atoms with van der Waals surface area (Å²) in [4.78, 5) is 10.3. The highest BCUT2D eigenvalue weighted by Gasteiger charge is 1.99. The van der Waals surface area contributed by atoms with Crippen molar-refractivity contribution < 1.29 is 13.9 Å². The summed E-state index contributed by atoms with van der Waals surface area (Å²) >= 11 is 0. The zero-order valence-corrected chi connectivity index (χ0v) is 10.8. The second-order valence-electron chi connectivity index (χ2n) is 3.48. The fourth-order valence-electron chi connectivity index (χ4n) is 1.24. The topological polar surface area (TPSA) is 43.4 Å². The molecule has 4 heteroatoms. The molecule has 0 aliphatic carbocycles. The Balaban J connectivity index is 0.000000199. The molecule has 18 heavy (non-hydrogen) atoms. The van der Waals surface area contributed by atoms with Gasteiger partial charge in [-0.25, -0.2) is 4.57 Å². The largest absolute Gasteiger partial charge is 0.407 e. The molecule has 0 atom stereocenters. The van der Waals surface area contributed by atoms with E-state index in [0.29, 0.717) is 17.6 Å². The van der Waals surface area contributed by atoms with E-state index in [0.717, 1.165) is 0 Å². The molecular formula is C14H13O3P. The summed E-state index contributed by atoms with van der Waals surface area (Å²) in [6, 6.07) is 16.8. The maximum Gasteiger partial charge on any atom is 0.395 e. The van der Waals surface area contributed by atoms with E-state index >= 15 is 0 Å². The average molecular weight is 260 g/mol. The van der Waals surface area contributed by atoms with Crippen molar-refractivity contribution in [2.45, 2.75) is 6.92 Å². The molecular weight excluding hydrogens is 247 g/mol. The molecule has 0 N–H and O–H groups in total. The van der Waals surface area contributed by atoms with Gasteiger partial charge in [0.05, 0.1) is 5.56 Å². The van der Waals surface area contributed by atoms with Crippen molar-refractivity contribution in [3.8, 4) is 5.75 Å². The standard InChI is InChI=1S/C7H5O3P.C7H8/c8-5-6-3-1-2-4-7(6)10-11-9;1-7-5-3-2-4-6-7/h1-5H;2-6H,1H3. The van der Waals surface area contributed by atoms with Crippen LogP contribution in [0.2, 0.25) is 0 Å². The summed E-state index contributed by atoms with van der Waals surface area (Å²) < 4.78 is 14.6. The van der Waals surface area contributed by atoms with Gasteiger partial charge in [-0.05, 0) is 19.1 Å². The molecule has 0 bridgehead atoms. The Bertz CT molecular complexity index is 497. The van der Waals surface area contributed by atoms with Gasteiger partial charge in [-0.3, -0.25) is 4.79 Å². The lowest BCUT2D eigenvalue weighted by Gasteiger charge is -1.97. The smallest absolute Gasteiger partial charge is 0.395 e. The molecule has 0 heterocycles. The van der Waals surface area contributed by atoms with Gasteiger partial charge in [0.2, 0.25) is 0 Å². The molecule has 2 rings (SSSR count). The lowest BCUT2D eigenvalue weighted by atomic mass is 10.2. The molecule has 92 valence electrons. The Kier molecular flexibility index (Phi) is 6.37. The summed E-state index contributed by atoms with van der Waals surface area (Å²) in [5.74, 6) is 0.333. The minimum absolute atomic E-state index is 0.333. The number of carbonyl (C=O) groups excluding carboxylic acids is 1. The van der Waals surface area contributed by atoms with Crippen molar-refractivity contribution in [1.82, 2.24) is 0 Å². The van der Waals surface area contributed by atoms with Crippen LogP contribution in [0.3, 0.4) is 0 Å². The molecule has 0 radical (unpaired) electrons. The third-order valence-corrected chi connectivity index (χ3v) is 2.39. The highest BCUT2D eigenvalue weighted by molar-refractivity contribution is 7.17. The van der Waals surface area contributed by atoms with E-state index in [1.54, 1.807) is 24.3 Å². The highest BCUT2D eigenvalue weighted by atomic mass is 31.1. The molecule has 0 aliphatic rings. The summed E-state index contributed by atoms with van der Waals surface area (Å²) in [6.45, 7) is 2.08. The van der Waals surface area contributed by atoms with Crippen LogP contribution in [0.4, 0.5) is 0 Å². The normalized spacial score (nSPS) is 9.17. The van der Waals surface area contributed by atoms with E-state index in [-0.39, 0.29) is 0 Å². The molecule has 0 fully saturated rings. The maximum atomic E-state index is 10.3. The van der Waals surface area contributed by atoms with Crippen LogP contribution in [0, 0.1) is 6.92 Å². The monoisotopic (exact) mass is 260 g/mol. The van der Waals surface area contributed by atoms with Crippen LogP contribution in [0.25, 0.3) is 0 Å². The number of benzene rings is 2. The lowest BCUT2D eigenvalue weighted by Crippen LogP contribution is -1.83. The first kappa shape index (κ1) is 14.1. The summed E-state index contributed by atoms with van der Waals surface area (Å²) in [5, 5.41) is 0. The minimum Gasteiger partial charge on any atom is -0.407 e. The molecule has 2 aromatic rings. The van der Waals surface area contributed by atoms with Gasteiger partial charge in [-0.2, -0.15) is 0 Å². The predicted octanol–water partition coefficient (Wildman–Crippen LogP) is 4.08. The van der Waals surface area contributed by atoms with Crippen molar-refractivity contribution in [2.75, 3.05) is 0 Å². The summed E-state index contributed by atoms with van der Waals surface area (Å²) in [6.07, 6.45) is 0.653. The molecule has 0 unspecified atom stereocenters. The van der Waals surface area contributed by atoms with Crippen molar-refractivity contribution in [2.24, 2.45) is 0 Å². The van der Waals surface area contributed by atoms with Gasteiger partial charge in [0, 0.05) is 0 Å².